The van der Waals surface area contributed by atoms with E-state index >= 15 is 0 Å². The number of nitrogens with one attached hydrogen (secondary N) is 2. The molecular weight excluding hydrogens is 442 g/mol. The van der Waals surface area contributed by atoms with E-state index in [2.05, 4.69) is 15.0 Å². The third-order valence-electron chi connectivity index (χ3n) is 4.61. The van der Waals surface area contributed by atoms with E-state index in [1.54, 1.807) is 41.7 Å². The topological polar surface area (TPSA) is 87.6 Å². The molecule has 1 aromatic heterocycles. The van der Waals surface area contributed by atoms with Crippen molar-refractivity contribution in [1.82, 2.24) is 10.0 Å². The number of amides is 1. The van der Waals surface area contributed by atoms with Crippen molar-refractivity contribution in [3.8, 4) is 0 Å². The normalized spacial score (nSPS) is 16.6. The summed E-state index contributed by atoms with van der Waals surface area (Å²) < 4.78 is 26.7. The van der Waals surface area contributed by atoms with Crippen molar-refractivity contribution in [1.29, 1.82) is 0 Å². The van der Waals surface area contributed by atoms with Crippen LogP contribution in [0.25, 0.3) is 0 Å². The van der Waals surface area contributed by atoms with E-state index in [1.165, 1.54) is 6.07 Å². The van der Waals surface area contributed by atoms with E-state index in [4.69, 9.17) is 11.6 Å². The molecule has 1 aliphatic rings. The summed E-state index contributed by atoms with van der Waals surface area (Å²) in [6, 6.07) is 17.6. The standard InChI is InChI=1S/C21H18ClN3O3S2/c22-15-9-7-14(8-10-15)20(17-5-3-13-29-17)24-19(26)11-12-23-21-16-4-1-2-6-18(16)30(27,28)25-21/h1-10,13,20H,11-12H2,(H,23,25)(H,24,26). The second-order valence-electron chi connectivity index (χ2n) is 6.65. The third-order valence-corrected chi connectivity index (χ3v) is 7.19. The number of aliphatic imine (C=N–C) groups is 1. The number of hydrogen-bond donors (Lipinski definition) is 2. The van der Waals surface area contributed by atoms with Crippen LogP contribution in [0.15, 0.2) is 75.9 Å². The number of amidine groups is 1. The summed E-state index contributed by atoms with van der Waals surface area (Å²) in [7, 11) is -3.58. The van der Waals surface area contributed by atoms with E-state index in [-0.39, 0.29) is 35.6 Å². The lowest BCUT2D eigenvalue weighted by molar-refractivity contribution is -0.121. The zero-order chi connectivity index (χ0) is 21.1. The zero-order valence-corrected chi connectivity index (χ0v) is 18.1. The minimum absolute atomic E-state index is 0.128. The summed E-state index contributed by atoms with van der Waals surface area (Å²) in [5.41, 5.74) is 1.45. The minimum atomic E-state index is -3.58. The van der Waals surface area contributed by atoms with Crippen LogP contribution in [-0.4, -0.2) is 26.7 Å². The molecule has 0 bridgehead atoms. The van der Waals surface area contributed by atoms with Crippen LogP contribution in [0.5, 0.6) is 0 Å². The van der Waals surface area contributed by atoms with Crippen LogP contribution in [0.3, 0.4) is 0 Å². The molecule has 0 saturated heterocycles. The van der Waals surface area contributed by atoms with Crippen molar-refractivity contribution in [3.05, 3.63) is 87.1 Å². The molecule has 2 N–H and O–H groups in total. The lowest BCUT2D eigenvalue weighted by Crippen LogP contribution is -2.29. The number of thiophene rings is 1. The Labute approximate surface area is 183 Å². The Hall–Kier alpha value is -2.68. The maximum absolute atomic E-state index is 12.6. The van der Waals surface area contributed by atoms with Gasteiger partial charge in [0, 0.05) is 21.9 Å². The van der Waals surface area contributed by atoms with Gasteiger partial charge in [0.25, 0.3) is 10.0 Å². The predicted octanol–water partition coefficient (Wildman–Crippen LogP) is 3.74. The highest BCUT2D eigenvalue weighted by atomic mass is 35.5. The van der Waals surface area contributed by atoms with Gasteiger partial charge < -0.3 is 5.32 Å². The van der Waals surface area contributed by atoms with Gasteiger partial charge in [-0.2, -0.15) is 0 Å². The Bertz CT molecular complexity index is 1190. The molecule has 1 aliphatic heterocycles. The molecule has 154 valence electrons. The number of fused-ring (bicyclic) bond motifs is 1. The molecule has 1 atom stereocenters. The molecule has 0 aliphatic carbocycles. The lowest BCUT2D eigenvalue weighted by Gasteiger charge is -2.18. The molecular formula is C21H18ClN3O3S2. The SMILES string of the molecule is O=C(CCN=C1NS(=O)(=O)c2ccccc21)NC(c1ccc(Cl)cc1)c1cccs1. The molecule has 3 aromatic rings. The second-order valence-corrected chi connectivity index (χ2v) is 9.72. The van der Waals surface area contributed by atoms with Gasteiger partial charge in [-0.25, -0.2) is 8.42 Å². The fourth-order valence-corrected chi connectivity index (χ4v) is 5.36. The van der Waals surface area contributed by atoms with Crippen LogP contribution >= 0.6 is 22.9 Å². The minimum Gasteiger partial charge on any atom is -0.344 e. The van der Waals surface area contributed by atoms with Gasteiger partial charge in [-0.1, -0.05) is 41.9 Å². The third kappa shape index (κ3) is 4.40. The van der Waals surface area contributed by atoms with Gasteiger partial charge in [-0.05, 0) is 41.3 Å². The summed E-state index contributed by atoms with van der Waals surface area (Å²) in [5, 5.41) is 5.62. The highest BCUT2D eigenvalue weighted by Gasteiger charge is 2.30. The molecule has 30 heavy (non-hydrogen) atoms. The van der Waals surface area contributed by atoms with Crippen LogP contribution in [0.4, 0.5) is 0 Å². The molecule has 1 unspecified atom stereocenters. The first-order chi connectivity index (χ1) is 14.4. The van der Waals surface area contributed by atoms with E-state index in [9.17, 15) is 13.2 Å². The van der Waals surface area contributed by atoms with Gasteiger partial charge in [0.1, 0.15) is 5.84 Å². The van der Waals surface area contributed by atoms with Crippen LogP contribution in [0.2, 0.25) is 5.02 Å². The quantitative estimate of drug-likeness (QED) is 0.588. The van der Waals surface area contributed by atoms with Crippen LogP contribution in [-0.2, 0) is 14.8 Å². The van der Waals surface area contributed by atoms with Gasteiger partial charge in [0.05, 0.1) is 17.5 Å². The van der Waals surface area contributed by atoms with Gasteiger partial charge in [0.15, 0.2) is 0 Å². The maximum Gasteiger partial charge on any atom is 0.263 e. The highest BCUT2D eigenvalue weighted by Crippen LogP contribution is 2.27. The highest BCUT2D eigenvalue weighted by molar-refractivity contribution is 7.90. The lowest BCUT2D eigenvalue weighted by atomic mass is 10.1. The predicted molar refractivity (Wildman–Crippen MR) is 119 cm³/mol. The van der Waals surface area contributed by atoms with Crippen molar-refractivity contribution in [2.75, 3.05) is 6.54 Å². The summed E-state index contributed by atoms with van der Waals surface area (Å²) in [4.78, 5) is 18.1. The average molecular weight is 460 g/mol. The molecule has 0 spiro atoms. The Morgan fingerprint density at radius 3 is 2.60 bits per heavy atom. The maximum atomic E-state index is 12.6. The molecule has 0 saturated carbocycles. The monoisotopic (exact) mass is 459 g/mol. The average Bonchev–Trinajstić information content (AvgIpc) is 3.34. The number of nitrogens with zero attached hydrogens (tertiary/aromatic N) is 1. The van der Waals surface area contributed by atoms with Gasteiger partial charge >= 0.3 is 0 Å². The number of rotatable bonds is 6. The molecule has 6 nitrogen and oxygen atoms in total. The fourth-order valence-electron chi connectivity index (χ4n) is 3.18. The van der Waals surface area contributed by atoms with E-state index < -0.39 is 10.0 Å². The number of halogens is 1. The largest absolute Gasteiger partial charge is 0.344 e. The smallest absolute Gasteiger partial charge is 0.263 e. The molecule has 1 amide bonds. The fraction of sp³-hybridized carbons (Fsp3) is 0.143. The van der Waals surface area contributed by atoms with Crippen molar-refractivity contribution in [2.24, 2.45) is 4.99 Å². The van der Waals surface area contributed by atoms with E-state index in [0.29, 0.717) is 10.6 Å². The molecule has 0 radical (unpaired) electrons. The molecule has 2 aromatic carbocycles. The number of carbonyl (C=O) groups excluding carboxylic acids is 1. The van der Waals surface area contributed by atoms with Gasteiger partial charge in [0.2, 0.25) is 5.91 Å². The summed E-state index contributed by atoms with van der Waals surface area (Å²) in [5.74, 6) is 0.0905. The number of carbonyl (C=O) groups is 1. The second kappa shape index (κ2) is 8.59. The molecule has 0 fully saturated rings. The molecule has 9 heteroatoms. The molecule has 2 heterocycles. The zero-order valence-electron chi connectivity index (χ0n) is 15.7. The van der Waals surface area contributed by atoms with Crippen molar-refractivity contribution in [2.45, 2.75) is 17.4 Å². The number of sulfonamides is 1. The Balaban J connectivity index is 1.45. The van der Waals surface area contributed by atoms with Crippen LogP contribution in [0, 0.1) is 0 Å². The first-order valence-electron chi connectivity index (χ1n) is 9.19. The summed E-state index contributed by atoms with van der Waals surface area (Å²) in [6.07, 6.45) is 0.128. The van der Waals surface area contributed by atoms with Gasteiger partial charge in [-0.3, -0.25) is 14.5 Å². The summed E-state index contributed by atoms with van der Waals surface area (Å²) in [6.45, 7) is 0.162. The van der Waals surface area contributed by atoms with E-state index in [1.807, 2.05) is 29.6 Å². The van der Waals surface area contributed by atoms with Crippen LogP contribution < -0.4 is 10.0 Å². The van der Waals surface area contributed by atoms with Crippen molar-refractivity contribution < 1.29 is 13.2 Å². The number of hydrogen-bond acceptors (Lipinski definition) is 5. The first kappa shape index (κ1) is 20.6. The first-order valence-corrected chi connectivity index (χ1v) is 11.9. The Morgan fingerprint density at radius 2 is 1.87 bits per heavy atom. The van der Waals surface area contributed by atoms with Crippen molar-refractivity contribution >= 4 is 44.7 Å². The molecule has 4 rings (SSSR count). The van der Waals surface area contributed by atoms with Crippen molar-refractivity contribution in [3.63, 3.8) is 0 Å². The van der Waals surface area contributed by atoms with Gasteiger partial charge in [-0.15, -0.1) is 11.3 Å². The Kier molecular flexibility index (Phi) is 5.90. The Morgan fingerprint density at radius 1 is 1.10 bits per heavy atom. The summed E-state index contributed by atoms with van der Waals surface area (Å²) >= 11 is 7.54. The number of benzene rings is 2. The van der Waals surface area contributed by atoms with E-state index in [0.717, 1.165) is 10.4 Å². The van der Waals surface area contributed by atoms with Crippen LogP contribution in [0.1, 0.15) is 28.5 Å².